The van der Waals surface area contributed by atoms with Gasteiger partial charge < -0.3 is 19.3 Å². The molecule has 9 atom stereocenters. The van der Waals surface area contributed by atoms with Gasteiger partial charge in [-0.3, -0.25) is 14.9 Å². The molecule has 5 fully saturated rings. The van der Waals surface area contributed by atoms with E-state index in [4.69, 9.17) is 24.0 Å². The molecule has 10 heteroatoms. The predicted molar refractivity (Wildman–Crippen MR) is 116 cm³/mol. The number of non-ortho nitro benzene ring substituents is 1. The minimum atomic E-state index is -1.04. The third-order valence-corrected chi connectivity index (χ3v) is 8.23. The molecule has 1 aromatic rings. The van der Waals surface area contributed by atoms with Gasteiger partial charge >= 0.3 is 5.97 Å². The quantitative estimate of drug-likeness (QED) is 0.362. The molecule has 4 saturated heterocycles. The second-order valence-electron chi connectivity index (χ2n) is 10.3. The average Bonchev–Trinajstić information content (AvgIpc) is 3.02. The van der Waals surface area contributed by atoms with Crippen molar-refractivity contribution in [3.05, 3.63) is 39.9 Å². The van der Waals surface area contributed by atoms with Crippen LogP contribution in [0.2, 0.25) is 0 Å². The number of carboxylic acids is 1. The number of ether oxygens (including phenoxy) is 3. The first kappa shape index (κ1) is 23.6. The lowest BCUT2D eigenvalue weighted by Gasteiger charge is -2.60. The Hall–Kier alpha value is -2.11. The number of hydrogen-bond acceptors (Lipinski definition) is 8. The summed E-state index contributed by atoms with van der Waals surface area (Å²) in [6, 6.07) is 5.75. The Balaban J connectivity index is 1.44. The monoisotopic (exact) mass is 477 g/mol. The maximum Gasteiger partial charge on any atom is 0.306 e. The molecule has 6 rings (SSSR count). The Morgan fingerprint density at radius 3 is 2.62 bits per heavy atom. The number of nitrogens with zero attached hydrogens (tertiary/aromatic N) is 1. The summed E-state index contributed by atoms with van der Waals surface area (Å²) in [4.78, 5) is 34.1. The van der Waals surface area contributed by atoms with E-state index in [2.05, 4.69) is 6.92 Å². The number of carboxylic acid groups (broad SMARTS) is 1. The molecule has 1 spiro atoms. The smallest absolute Gasteiger partial charge is 0.306 e. The lowest BCUT2D eigenvalue weighted by atomic mass is 9.58. The Morgan fingerprint density at radius 2 is 1.94 bits per heavy atom. The van der Waals surface area contributed by atoms with Crippen LogP contribution in [0.1, 0.15) is 64.5 Å². The Labute approximate surface area is 197 Å². The molecule has 34 heavy (non-hydrogen) atoms. The number of benzene rings is 1. The van der Waals surface area contributed by atoms with Gasteiger partial charge in [0.2, 0.25) is 5.79 Å². The van der Waals surface area contributed by atoms with Gasteiger partial charge in [0.1, 0.15) is 0 Å². The fourth-order valence-electron chi connectivity index (χ4n) is 6.40. The summed E-state index contributed by atoms with van der Waals surface area (Å²) < 4.78 is 19.0. The van der Waals surface area contributed by atoms with Crippen LogP contribution in [0.3, 0.4) is 0 Å². The van der Waals surface area contributed by atoms with E-state index in [1.54, 1.807) is 0 Å². The highest BCUT2D eigenvalue weighted by molar-refractivity contribution is 5.67. The fraction of sp³-hybridized carbons (Fsp3) is 0.708. The first-order chi connectivity index (χ1) is 16.1. The summed E-state index contributed by atoms with van der Waals surface area (Å²) in [7, 11) is 0. The van der Waals surface area contributed by atoms with Crippen molar-refractivity contribution in [3.8, 4) is 0 Å². The summed E-state index contributed by atoms with van der Waals surface area (Å²) in [6.45, 7) is 6.11. The van der Waals surface area contributed by atoms with Crippen molar-refractivity contribution in [2.45, 2.75) is 82.9 Å². The van der Waals surface area contributed by atoms with Crippen LogP contribution in [-0.2, 0) is 28.8 Å². The molecule has 1 aromatic carbocycles. The van der Waals surface area contributed by atoms with Crippen molar-refractivity contribution < 1.29 is 38.8 Å². The van der Waals surface area contributed by atoms with Crippen LogP contribution in [0.5, 0.6) is 0 Å². The Kier molecular flexibility index (Phi) is 5.92. The van der Waals surface area contributed by atoms with Crippen molar-refractivity contribution in [2.75, 3.05) is 0 Å². The lowest BCUT2D eigenvalue weighted by molar-refractivity contribution is -0.578. The van der Waals surface area contributed by atoms with Gasteiger partial charge in [-0.15, -0.1) is 0 Å². The van der Waals surface area contributed by atoms with Crippen LogP contribution in [0.15, 0.2) is 24.3 Å². The molecule has 0 radical (unpaired) electrons. The van der Waals surface area contributed by atoms with Crippen molar-refractivity contribution in [1.82, 2.24) is 0 Å². The van der Waals surface area contributed by atoms with Crippen LogP contribution in [0.4, 0.5) is 5.69 Å². The molecule has 5 aliphatic rings. The zero-order valence-electron chi connectivity index (χ0n) is 19.5. The van der Waals surface area contributed by atoms with Crippen LogP contribution in [-0.4, -0.2) is 40.0 Å². The fourth-order valence-corrected chi connectivity index (χ4v) is 6.40. The summed E-state index contributed by atoms with van der Waals surface area (Å²) >= 11 is 0. The maximum atomic E-state index is 11.6. The Bertz CT molecular complexity index is 954. The number of aliphatic carboxylic acids is 1. The van der Waals surface area contributed by atoms with Gasteiger partial charge in [0.15, 0.2) is 18.2 Å². The maximum absolute atomic E-state index is 11.6. The van der Waals surface area contributed by atoms with Crippen molar-refractivity contribution >= 4 is 11.7 Å². The van der Waals surface area contributed by atoms with E-state index in [1.165, 1.54) is 24.3 Å². The van der Waals surface area contributed by atoms with E-state index < -0.39 is 41.0 Å². The van der Waals surface area contributed by atoms with Crippen LogP contribution < -0.4 is 0 Å². The third-order valence-electron chi connectivity index (χ3n) is 8.23. The van der Waals surface area contributed by atoms with Gasteiger partial charge in [-0.1, -0.05) is 13.8 Å². The molecule has 1 aliphatic carbocycles. The lowest BCUT2D eigenvalue weighted by Crippen LogP contribution is -2.70. The number of nitro groups is 1. The summed E-state index contributed by atoms with van der Waals surface area (Å²) in [5.74, 6) is -1.38. The molecule has 1 N–H and O–H groups in total. The molecule has 0 aromatic heterocycles. The minimum Gasteiger partial charge on any atom is -0.481 e. The molecule has 1 saturated carbocycles. The first-order valence-corrected chi connectivity index (χ1v) is 11.9. The van der Waals surface area contributed by atoms with E-state index in [9.17, 15) is 20.0 Å². The molecular formula is C24H31NO9. The van der Waals surface area contributed by atoms with Crippen LogP contribution in [0.25, 0.3) is 0 Å². The van der Waals surface area contributed by atoms with E-state index in [0.29, 0.717) is 17.9 Å². The normalized spacial score (nSPS) is 41.9. The number of carbonyl (C=O) groups is 1. The molecular weight excluding hydrogens is 446 g/mol. The highest BCUT2D eigenvalue weighted by Crippen LogP contribution is 2.60. The van der Waals surface area contributed by atoms with Crippen LogP contribution >= 0.6 is 0 Å². The van der Waals surface area contributed by atoms with Gasteiger partial charge in [-0.2, -0.15) is 0 Å². The third kappa shape index (κ3) is 3.81. The van der Waals surface area contributed by atoms with Crippen LogP contribution in [0, 0.1) is 33.8 Å². The summed E-state index contributed by atoms with van der Waals surface area (Å²) in [5, 5.41) is 20.5. The second kappa shape index (κ2) is 8.53. The van der Waals surface area contributed by atoms with Crippen molar-refractivity contribution in [1.29, 1.82) is 0 Å². The standard InChI is InChI=1S/C24H31NO9/c1-13-4-9-18-14(2)21(31-22-24(18)17(13)10-11-23(3,32-22)33-34-24)30-19(12-20(26)27)15-5-7-16(8-6-15)25(28)29/h5-8,13-14,17-19,21-22H,4,9-12H2,1-3H3,(H,26,27)/t13-,14-,17+,18+,19+,21+,22-,23-,24-/m1/s1. The highest BCUT2D eigenvalue weighted by Gasteiger charge is 2.69. The van der Waals surface area contributed by atoms with E-state index in [0.717, 1.165) is 19.3 Å². The number of nitro benzene ring substituents is 1. The summed E-state index contributed by atoms with van der Waals surface area (Å²) in [6.07, 6.45) is 0.968. The van der Waals surface area contributed by atoms with Gasteiger partial charge in [-0.05, 0) is 55.7 Å². The molecule has 0 amide bonds. The zero-order valence-corrected chi connectivity index (χ0v) is 19.5. The van der Waals surface area contributed by atoms with Gasteiger partial charge in [0.05, 0.1) is 17.4 Å². The molecule has 4 heterocycles. The van der Waals surface area contributed by atoms with E-state index in [1.807, 2.05) is 13.8 Å². The Morgan fingerprint density at radius 1 is 1.21 bits per heavy atom. The van der Waals surface area contributed by atoms with Gasteiger partial charge in [0, 0.05) is 30.4 Å². The number of hydrogen-bond donors (Lipinski definition) is 1. The average molecular weight is 478 g/mol. The molecule has 0 unspecified atom stereocenters. The molecule has 2 bridgehead atoms. The van der Waals surface area contributed by atoms with E-state index >= 15 is 0 Å². The molecule has 10 nitrogen and oxygen atoms in total. The van der Waals surface area contributed by atoms with Crippen molar-refractivity contribution in [2.24, 2.45) is 23.7 Å². The largest absolute Gasteiger partial charge is 0.481 e. The minimum absolute atomic E-state index is 0.0439. The SMILES string of the molecule is C[C@H]1[C@@H](O[C@@H](CC(=O)O)c2ccc([N+](=O)[O-])cc2)O[C@@H]2O[C@@]3(C)CC[C@H]4[C@H](C)CC[C@@H]1[C@@]24OO3. The highest BCUT2D eigenvalue weighted by atomic mass is 17.3. The topological polar surface area (TPSA) is 127 Å². The second-order valence-corrected chi connectivity index (χ2v) is 10.3. The predicted octanol–water partition coefficient (Wildman–Crippen LogP) is 4.34. The van der Waals surface area contributed by atoms with Gasteiger partial charge in [0.25, 0.3) is 5.69 Å². The van der Waals surface area contributed by atoms with E-state index in [-0.39, 0.29) is 29.9 Å². The number of fused-ring (bicyclic) bond motifs is 2. The van der Waals surface area contributed by atoms with Crippen molar-refractivity contribution in [3.63, 3.8) is 0 Å². The number of rotatable bonds is 6. The first-order valence-electron chi connectivity index (χ1n) is 11.9. The zero-order chi connectivity index (χ0) is 24.3. The molecule has 186 valence electrons. The van der Waals surface area contributed by atoms with Gasteiger partial charge in [-0.25, -0.2) is 9.78 Å². The molecule has 4 aliphatic heterocycles. The summed E-state index contributed by atoms with van der Waals surface area (Å²) in [5.41, 5.74) is -0.269.